The fourth-order valence-corrected chi connectivity index (χ4v) is 3.17. The molecule has 6 heteroatoms. The van der Waals surface area contributed by atoms with E-state index in [2.05, 4.69) is 34.0 Å². The van der Waals surface area contributed by atoms with Gasteiger partial charge in [0.1, 0.15) is 19.0 Å². The molecule has 5 nitrogen and oxygen atoms in total. The number of hydrogen-bond donors (Lipinski definition) is 1. The van der Waals surface area contributed by atoms with Crippen LogP contribution in [0.3, 0.4) is 0 Å². The predicted octanol–water partition coefficient (Wildman–Crippen LogP) is 3.14. The van der Waals surface area contributed by atoms with E-state index in [4.69, 9.17) is 22.3 Å². The zero-order valence-electron chi connectivity index (χ0n) is 17.5. The van der Waals surface area contributed by atoms with E-state index in [9.17, 15) is 4.79 Å². The zero-order valence-corrected chi connectivity index (χ0v) is 18.4. The highest BCUT2D eigenvalue weighted by Gasteiger charge is 2.25. The molecule has 2 rings (SSSR count). The van der Waals surface area contributed by atoms with Gasteiger partial charge in [-0.15, -0.1) is 24.6 Å². The fourth-order valence-electron chi connectivity index (χ4n) is 2.69. The van der Waals surface area contributed by atoms with Gasteiger partial charge in [-0.05, 0) is 50.8 Å². The molecule has 1 N–H and O–H groups in total. The highest BCUT2D eigenvalue weighted by molar-refractivity contribution is 7.99. The summed E-state index contributed by atoms with van der Waals surface area (Å²) >= 11 is 1.29. The van der Waals surface area contributed by atoms with Gasteiger partial charge in [-0.2, -0.15) is 0 Å². The fraction of sp³-hybridized carbons (Fsp3) is 0.333. The van der Waals surface area contributed by atoms with Gasteiger partial charge in [-0.3, -0.25) is 9.78 Å². The molecule has 0 bridgehead atoms. The number of ether oxygens (including phenoxy) is 2. The maximum Gasteiger partial charge on any atom is 0.272 e. The van der Waals surface area contributed by atoms with Crippen LogP contribution < -0.4 is 10.1 Å². The second-order valence-electron chi connectivity index (χ2n) is 6.98. The van der Waals surface area contributed by atoms with Crippen molar-refractivity contribution in [3.8, 4) is 42.3 Å². The van der Waals surface area contributed by atoms with E-state index in [-0.39, 0.29) is 19.1 Å². The van der Waals surface area contributed by atoms with Crippen LogP contribution in [-0.4, -0.2) is 41.3 Å². The molecule has 0 saturated heterocycles. The molecule has 1 amide bonds. The Kier molecular flexibility index (Phi) is 8.19. The van der Waals surface area contributed by atoms with Crippen molar-refractivity contribution >= 4 is 28.6 Å². The second-order valence-corrected chi connectivity index (χ2v) is 7.88. The monoisotopic (exact) mass is 420 g/mol. The number of pyridine rings is 1. The topological polar surface area (TPSA) is 60.5 Å². The zero-order chi connectivity index (χ0) is 22.1. The van der Waals surface area contributed by atoms with Crippen molar-refractivity contribution in [1.29, 1.82) is 0 Å². The first-order valence-corrected chi connectivity index (χ1v) is 10.5. The summed E-state index contributed by atoms with van der Waals surface area (Å²) in [5.41, 5.74) is 0.965. The number of amides is 1. The van der Waals surface area contributed by atoms with Gasteiger partial charge in [-0.25, -0.2) is 0 Å². The Balaban J connectivity index is 2.13. The van der Waals surface area contributed by atoms with Crippen LogP contribution in [0.2, 0.25) is 0 Å². The number of benzene rings is 1. The molecular weight excluding hydrogens is 396 g/mol. The summed E-state index contributed by atoms with van der Waals surface area (Å²) in [7, 11) is 0. The number of terminal acetylenes is 2. The third-order valence-corrected chi connectivity index (χ3v) is 4.72. The summed E-state index contributed by atoms with van der Waals surface area (Å²) in [6.45, 7) is 5.96. The van der Waals surface area contributed by atoms with Gasteiger partial charge in [0, 0.05) is 17.1 Å². The van der Waals surface area contributed by atoms with E-state index in [1.807, 2.05) is 45.2 Å². The Morgan fingerprint density at radius 2 is 2.07 bits per heavy atom. The van der Waals surface area contributed by atoms with Crippen molar-refractivity contribution in [1.82, 2.24) is 10.3 Å². The van der Waals surface area contributed by atoms with Gasteiger partial charge in [-0.1, -0.05) is 23.7 Å². The molecule has 154 valence electrons. The lowest BCUT2D eigenvalue weighted by molar-refractivity contribution is -0.125. The Morgan fingerprint density at radius 3 is 2.73 bits per heavy atom. The number of aromatic nitrogens is 1. The summed E-state index contributed by atoms with van der Waals surface area (Å²) in [5, 5.41) is 3.76. The van der Waals surface area contributed by atoms with Crippen LogP contribution in [0.5, 0.6) is 5.75 Å². The first-order valence-electron chi connectivity index (χ1n) is 9.19. The van der Waals surface area contributed by atoms with Crippen LogP contribution >= 0.6 is 11.8 Å². The molecule has 0 spiro atoms. The van der Waals surface area contributed by atoms with Gasteiger partial charge in [0.2, 0.25) is 5.44 Å². The summed E-state index contributed by atoms with van der Waals surface area (Å²) < 4.78 is 11.1. The molecule has 1 heterocycles. The lowest BCUT2D eigenvalue weighted by atomic mass is 10.1. The number of nitrogens with zero attached hydrogens (tertiary/aromatic N) is 1. The number of aryl methyl sites for hydroxylation is 1. The number of carbonyl (C=O) groups is 1. The average Bonchev–Trinajstić information content (AvgIpc) is 2.70. The SMILES string of the molecule is C#CCOCC#CC(C)(C)NC(=O)C(Oc1cc(C)c2ncc(C#C)cc2c1)SC. The maximum absolute atomic E-state index is 12.8. The van der Waals surface area contributed by atoms with E-state index in [0.717, 1.165) is 16.5 Å². The predicted molar refractivity (Wildman–Crippen MR) is 122 cm³/mol. The number of nitrogens with one attached hydrogen (secondary N) is 1. The molecule has 1 aromatic carbocycles. The van der Waals surface area contributed by atoms with E-state index in [1.165, 1.54) is 11.8 Å². The number of rotatable bonds is 7. The second kappa shape index (κ2) is 10.6. The third kappa shape index (κ3) is 6.46. The van der Waals surface area contributed by atoms with Crippen LogP contribution in [0.15, 0.2) is 24.4 Å². The molecule has 0 aliphatic rings. The molecule has 0 aliphatic carbocycles. The molecule has 1 atom stereocenters. The number of carbonyl (C=O) groups excluding carboxylic acids is 1. The minimum absolute atomic E-state index is 0.202. The van der Waals surface area contributed by atoms with E-state index in [0.29, 0.717) is 11.3 Å². The van der Waals surface area contributed by atoms with Crippen molar-refractivity contribution in [3.05, 3.63) is 35.5 Å². The minimum Gasteiger partial charge on any atom is -0.470 e. The summed E-state index contributed by atoms with van der Waals surface area (Å²) in [5.74, 6) is 11.1. The largest absolute Gasteiger partial charge is 0.470 e. The van der Waals surface area contributed by atoms with Gasteiger partial charge >= 0.3 is 0 Å². The van der Waals surface area contributed by atoms with Gasteiger partial charge in [0.05, 0.1) is 11.1 Å². The number of thioether (sulfide) groups is 1. The summed E-state index contributed by atoms with van der Waals surface area (Å²) in [6, 6.07) is 5.56. The van der Waals surface area contributed by atoms with Gasteiger partial charge in [0.25, 0.3) is 5.91 Å². The quantitative estimate of drug-likeness (QED) is 0.424. The number of hydrogen-bond acceptors (Lipinski definition) is 5. The first kappa shape index (κ1) is 23.2. The van der Waals surface area contributed by atoms with Crippen molar-refractivity contribution < 1.29 is 14.3 Å². The molecule has 0 fully saturated rings. The normalized spacial score (nSPS) is 11.5. The molecule has 0 saturated carbocycles. The Hall–Kier alpha value is -3.11. The van der Waals surface area contributed by atoms with Crippen LogP contribution in [0.4, 0.5) is 0 Å². The van der Waals surface area contributed by atoms with Crippen molar-refractivity contribution in [2.24, 2.45) is 0 Å². The van der Waals surface area contributed by atoms with Crippen LogP contribution in [0.1, 0.15) is 25.0 Å². The van der Waals surface area contributed by atoms with Crippen LogP contribution in [0, 0.1) is 43.5 Å². The first-order chi connectivity index (χ1) is 14.3. The maximum atomic E-state index is 12.8. The van der Waals surface area contributed by atoms with Crippen LogP contribution in [0.25, 0.3) is 10.9 Å². The molecule has 0 radical (unpaired) electrons. The Labute approximate surface area is 182 Å². The highest BCUT2D eigenvalue weighted by Crippen LogP contribution is 2.26. The van der Waals surface area contributed by atoms with Crippen molar-refractivity contribution in [3.63, 3.8) is 0 Å². The molecule has 1 aromatic heterocycles. The lowest BCUT2D eigenvalue weighted by Gasteiger charge is -2.24. The van der Waals surface area contributed by atoms with Gasteiger partial charge < -0.3 is 14.8 Å². The third-order valence-electron chi connectivity index (χ3n) is 3.98. The standard InChI is InChI=1S/C24H24N2O3S/c1-7-11-28-12-9-10-24(4,5)26-22(27)23(30-6)29-20-13-17(3)21-19(15-20)14-18(8-2)16-25-21/h1-2,13-16,23H,11-12H2,3-6H3,(H,26,27). The van der Waals surface area contributed by atoms with Crippen LogP contribution in [-0.2, 0) is 9.53 Å². The Bertz CT molecular complexity index is 1070. The summed E-state index contributed by atoms with van der Waals surface area (Å²) in [4.78, 5) is 17.2. The highest BCUT2D eigenvalue weighted by atomic mass is 32.2. The summed E-state index contributed by atoms with van der Waals surface area (Å²) in [6.07, 6.45) is 14.1. The Morgan fingerprint density at radius 1 is 1.30 bits per heavy atom. The van der Waals surface area contributed by atoms with E-state index in [1.54, 1.807) is 6.20 Å². The molecule has 0 aliphatic heterocycles. The average molecular weight is 421 g/mol. The van der Waals surface area contributed by atoms with Gasteiger partial charge in [0.15, 0.2) is 0 Å². The minimum atomic E-state index is -0.751. The number of fused-ring (bicyclic) bond motifs is 1. The molecule has 2 aromatic rings. The smallest absolute Gasteiger partial charge is 0.272 e. The van der Waals surface area contributed by atoms with E-state index < -0.39 is 11.0 Å². The molecular formula is C24H24N2O3S. The molecule has 30 heavy (non-hydrogen) atoms. The van der Waals surface area contributed by atoms with Crippen molar-refractivity contribution in [2.75, 3.05) is 19.5 Å². The lowest BCUT2D eigenvalue weighted by Crippen LogP contribution is -2.47. The molecule has 1 unspecified atom stereocenters. The van der Waals surface area contributed by atoms with E-state index >= 15 is 0 Å². The van der Waals surface area contributed by atoms with Crippen molar-refractivity contribution in [2.45, 2.75) is 31.7 Å².